The first-order valence-electron chi connectivity index (χ1n) is 8.05. The Bertz CT molecular complexity index is 722. The van der Waals surface area contributed by atoms with Crippen LogP contribution in [-0.2, 0) is 4.79 Å². The van der Waals surface area contributed by atoms with Crippen LogP contribution in [0, 0.1) is 0 Å². The van der Waals surface area contributed by atoms with Gasteiger partial charge in [-0.25, -0.2) is 0 Å². The highest BCUT2D eigenvalue weighted by Gasteiger charge is 2.28. The molecule has 24 heavy (non-hydrogen) atoms. The minimum Gasteiger partial charge on any atom is -0.497 e. The predicted molar refractivity (Wildman–Crippen MR) is 97.2 cm³/mol. The van der Waals surface area contributed by atoms with Gasteiger partial charge in [-0.05, 0) is 54.3 Å². The van der Waals surface area contributed by atoms with Crippen molar-refractivity contribution < 1.29 is 9.53 Å². The predicted octanol–water partition coefficient (Wildman–Crippen LogP) is 4.73. The number of carbonyl (C=O) groups excluding carboxylic acids is 1. The molecule has 0 aliphatic carbocycles. The van der Waals surface area contributed by atoms with Crippen molar-refractivity contribution in [3.05, 3.63) is 70.8 Å². The van der Waals surface area contributed by atoms with Gasteiger partial charge in [-0.15, -0.1) is 0 Å². The second kappa shape index (κ2) is 7.54. The van der Waals surface area contributed by atoms with Gasteiger partial charge < -0.3 is 9.64 Å². The summed E-state index contributed by atoms with van der Waals surface area (Å²) in [7, 11) is 1.65. The second-order valence-electron chi connectivity index (χ2n) is 5.85. The normalized spacial score (nSPS) is 17.4. The van der Waals surface area contributed by atoms with E-state index >= 15 is 0 Å². The third-order valence-electron chi connectivity index (χ3n) is 4.32. The summed E-state index contributed by atoms with van der Waals surface area (Å²) in [5.41, 5.74) is 2.12. The molecular formula is C20H20ClNO2. The average molecular weight is 342 g/mol. The molecule has 0 N–H and O–H groups in total. The van der Waals surface area contributed by atoms with Crippen molar-refractivity contribution in [2.24, 2.45) is 0 Å². The lowest BCUT2D eigenvalue weighted by atomic mass is 10.0. The van der Waals surface area contributed by atoms with Gasteiger partial charge in [0.05, 0.1) is 13.2 Å². The fourth-order valence-corrected chi connectivity index (χ4v) is 3.17. The first-order valence-corrected chi connectivity index (χ1v) is 8.43. The van der Waals surface area contributed by atoms with E-state index in [1.165, 1.54) is 0 Å². The fraction of sp³-hybridized carbons (Fsp3) is 0.250. The van der Waals surface area contributed by atoms with E-state index < -0.39 is 0 Å². The van der Waals surface area contributed by atoms with Crippen LogP contribution in [0.15, 0.2) is 54.6 Å². The third kappa shape index (κ3) is 3.80. The maximum Gasteiger partial charge on any atom is 0.247 e. The largest absolute Gasteiger partial charge is 0.497 e. The minimum atomic E-state index is 0.0447. The molecule has 0 aromatic heterocycles. The Balaban J connectivity index is 1.71. The summed E-state index contributed by atoms with van der Waals surface area (Å²) in [4.78, 5) is 14.5. The summed E-state index contributed by atoms with van der Waals surface area (Å²) in [5, 5.41) is 0.692. The molecule has 1 aliphatic heterocycles. The zero-order valence-corrected chi connectivity index (χ0v) is 14.4. The van der Waals surface area contributed by atoms with E-state index in [4.69, 9.17) is 16.3 Å². The topological polar surface area (TPSA) is 29.5 Å². The van der Waals surface area contributed by atoms with Gasteiger partial charge in [-0.1, -0.05) is 35.9 Å². The Labute approximate surface area is 147 Å². The van der Waals surface area contributed by atoms with Crippen LogP contribution in [0.1, 0.15) is 30.0 Å². The second-order valence-corrected chi connectivity index (χ2v) is 6.28. The molecule has 1 amide bonds. The number of methoxy groups -OCH3 is 1. The lowest BCUT2D eigenvalue weighted by Crippen LogP contribution is -2.28. The monoisotopic (exact) mass is 341 g/mol. The van der Waals surface area contributed by atoms with Crippen LogP contribution in [0.25, 0.3) is 6.08 Å². The van der Waals surface area contributed by atoms with Crippen molar-refractivity contribution in [2.75, 3.05) is 13.7 Å². The Morgan fingerprint density at radius 3 is 2.54 bits per heavy atom. The molecule has 1 aliphatic rings. The molecule has 2 aromatic carbocycles. The summed E-state index contributed by atoms with van der Waals surface area (Å²) >= 11 is 5.88. The van der Waals surface area contributed by atoms with Crippen LogP contribution in [0.2, 0.25) is 5.02 Å². The van der Waals surface area contributed by atoms with Gasteiger partial charge in [-0.2, -0.15) is 0 Å². The van der Waals surface area contributed by atoms with Crippen molar-refractivity contribution in [2.45, 2.75) is 18.9 Å². The Morgan fingerprint density at radius 2 is 1.88 bits per heavy atom. The van der Waals surface area contributed by atoms with Crippen molar-refractivity contribution in [3.8, 4) is 5.75 Å². The number of carbonyl (C=O) groups is 1. The lowest BCUT2D eigenvalue weighted by molar-refractivity contribution is -0.126. The van der Waals surface area contributed by atoms with E-state index in [0.29, 0.717) is 5.02 Å². The standard InChI is InChI=1S/C20H20ClNO2/c1-24-18-11-7-16(8-12-18)19-3-2-14-22(19)20(23)13-6-15-4-9-17(21)10-5-15/h4-13,19H,2-3,14H2,1H3/b13-6+/t19-/m1/s1. The molecule has 0 radical (unpaired) electrons. The van der Waals surface area contributed by atoms with Crippen LogP contribution < -0.4 is 4.74 Å². The summed E-state index contributed by atoms with van der Waals surface area (Å²) < 4.78 is 5.20. The molecule has 4 heteroatoms. The van der Waals surface area contributed by atoms with E-state index in [1.54, 1.807) is 13.2 Å². The maximum atomic E-state index is 12.6. The minimum absolute atomic E-state index is 0.0447. The third-order valence-corrected chi connectivity index (χ3v) is 4.58. The molecule has 0 spiro atoms. The number of halogens is 1. The number of ether oxygens (including phenoxy) is 1. The molecule has 3 rings (SSSR count). The number of hydrogen-bond donors (Lipinski definition) is 0. The Kier molecular flexibility index (Phi) is 5.21. The summed E-state index contributed by atoms with van der Waals surface area (Å²) in [6.07, 6.45) is 5.50. The van der Waals surface area contributed by atoms with Gasteiger partial charge >= 0.3 is 0 Å². The van der Waals surface area contributed by atoms with Crippen LogP contribution in [-0.4, -0.2) is 24.5 Å². The SMILES string of the molecule is COc1ccc([C@H]2CCCN2C(=O)/C=C/c2ccc(Cl)cc2)cc1. The van der Waals surface area contributed by atoms with Gasteiger partial charge in [0.2, 0.25) is 5.91 Å². The van der Waals surface area contributed by atoms with Crippen molar-refractivity contribution in [3.63, 3.8) is 0 Å². The number of benzene rings is 2. The molecular weight excluding hydrogens is 322 g/mol. The van der Waals surface area contributed by atoms with E-state index in [9.17, 15) is 4.79 Å². The first kappa shape index (κ1) is 16.6. The average Bonchev–Trinajstić information content (AvgIpc) is 3.11. The molecule has 1 saturated heterocycles. The Hall–Kier alpha value is -2.26. The van der Waals surface area contributed by atoms with Gasteiger partial charge in [0, 0.05) is 17.6 Å². The molecule has 124 valence electrons. The molecule has 0 unspecified atom stereocenters. The zero-order valence-electron chi connectivity index (χ0n) is 13.6. The van der Waals surface area contributed by atoms with E-state index in [-0.39, 0.29) is 11.9 Å². The number of likely N-dealkylation sites (tertiary alicyclic amines) is 1. The molecule has 1 atom stereocenters. The molecule has 0 bridgehead atoms. The highest BCUT2D eigenvalue weighted by Crippen LogP contribution is 2.33. The number of hydrogen-bond acceptors (Lipinski definition) is 2. The van der Waals surface area contributed by atoms with Gasteiger partial charge in [0.25, 0.3) is 0 Å². The molecule has 3 nitrogen and oxygen atoms in total. The number of amides is 1. The summed E-state index contributed by atoms with van der Waals surface area (Å²) in [5.74, 6) is 0.875. The fourth-order valence-electron chi connectivity index (χ4n) is 3.04. The maximum absolute atomic E-state index is 12.6. The zero-order chi connectivity index (χ0) is 16.9. The highest BCUT2D eigenvalue weighted by molar-refractivity contribution is 6.30. The Morgan fingerprint density at radius 1 is 1.17 bits per heavy atom. The van der Waals surface area contributed by atoms with E-state index in [2.05, 4.69) is 0 Å². The summed E-state index contributed by atoms with van der Waals surface area (Å²) in [6, 6.07) is 15.5. The van der Waals surface area contributed by atoms with Crippen molar-refractivity contribution in [1.82, 2.24) is 4.90 Å². The lowest BCUT2D eigenvalue weighted by Gasteiger charge is -2.24. The number of nitrogens with zero attached hydrogens (tertiary/aromatic N) is 1. The van der Waals surface area contributed by atoms with Gasteiger partial charge in [0.1, 0.15) is 5.75 Å². The van der Waals surface area contributed by atoms with Crippen molar-refractivity contribution >= 4 is 23.6 Å². The van der Waals surface area contributed by atoms with Crippen LogP contribution in [0.3, 0.4) is 0 Å². The van der Waals surface area contributed by atoms with Crippen LogP contribution in [0.4, 0.5) is 0 Å². The summed E-state index contributed by atoms with van der Waals surface area (Å²) in [6.45, 7) is 0.792. The van der Waals surface area contributed by atoms with Crippen molar-refractivity contribution in [1.29, 1.82) is 0 Å². The van der Waals surface area contributed by atoms with Crippen LogP contribution >= 0.6 is 11.6 Å². The van der Waals surface area contributed by atoms with Gasteiger partial charge in [-0.3, -0.25) is 4.79 Å². The van der Waals surface area contributed by atoms with E-state index in [0.717, 1.165) is 36.3 Å². The highest BCUT2D eigenvalue weighted by atomic mass is 35.5. The molecule has 1 heterocycles. The molecule has 0 saturated carbocycles. The number of rotatable bonds is 4. The molecule has 1 fully saturated rings. The van der Waals surface area contributed by atoms with E-state index in [1.807, 2.05) is 59.5 Å². The van der Waals surface area contributed by atoms with Crippen LogP contribution in [0.5, 0.6) is 5.75 Å². The first-order chi connectivity index (χ1) is 11.7. The molecule has 2 aromatic rings. The smallest absolute Gasteiger partial charge is 0.247 e. The van der Waals surface area contributed by atoms with Gasteiger partial charge in [0.15, 0.2) is 0 Å². The quantitative estimate of drug-likeness (QED) is 0.753.